The van der Waals surface area contributed by atoms with Crippen LogP contribution in [0.25, 0.3) is 10.9 Å². The lowest BCUT2D eigenvalue weighted by Crippen LogP contribution is -2.50. The topological polar surface area (TPSA) is 62.3 Å². The molecule has 32 heavy (non-hydrogen) atoms. The molecule has 1 aliphatic heterocycles. The summed E-state index contributed by atoms with van der Waals surface area (Å²) in [4.78, 5) is 8.29. The molecule has 4 rings (SSSR count). The molecule has 7 nitrogen and oxygen atoms in total. The van der Waals surface area contributed by atoms with Gasteiger partial charge in [0.15, 0.2) is 0 Å². The van der Waals surface area contributed by atoms with Crippen molar-refractivity contribution in [1.82, 2.24) is 9.99 Å². The molecular formula is C25H32N4O3. The van der Waals surface area contributed by atoms with Gasteiger partial charge in [-0.3, -0.25) is 0 Å². The number of methoxy groups -OCH3 is 1. The minimum Gasteiger partial charge on any atom is -0.497 e. The van der Waals surface area contributed by atoms with E-state index in [0.29, 0.717) is 12.6 Å². The number of rotatable bonds is 7. The Kier molecular flexibility index (Phi) is 6.28. The molecule has 2 aromatic carbocycles. The number of nitrogens with one attached hydrogen (secondary N) is 1. The van der Waals surface area contributed by atoms with E-state index in [-0.39, 0.29) is 0 Å². The fourth-order valence-electron chi connectivity index (χ4n) is 4.12. The van der Waals surface area contributed by atoms with Crippen LogP contribution in [0.5, 0.6) is 11.5 Å². The fourth-order valence-corrected chi connectivity index (χ4v) is 4.12. The summed E-state index contributed by atoms with van der Waals surface area (Å²) in [7, 11) is 1.67. The van der Waals surface area contributed by atoms with Crippen molar-refractivity contribution in [2.45, 2.75) is 40.8 Å². The van der Waals surface area contributed by atoms with Gasteiger partial charge in [-0.25, -0.2) is 10.0 Å². The van der Waals surface area contributed by atoms with E-state index in [1.54, 1.807) is 7.11 Å². The number of aryl methyl sites for hydroxylation is 2. The number of benzene rings is 2. The summed E-state index contributed by atoms with van der Waals surface area (Å²) in [5, 5.41) is 5.38. The van der Waals surface area contributed by atoms with Crippen LogP contribution in [0.3, 0.4) is 0 Å². The smallest absolute Gasteiger partial charge is 0.311 e. The van der Waals surface area contributed by atoms with Crippen LogP contribution < -0.4 is 14.5 Å². The van der Waals surface area contributed by atoms with Gasteiger partial charge in [0.1, 0.15) is 11.5 Å². The number of nitrogens with zero attached hydrogens (tertiary/aromatic N) is 3. The Bertz CT molecular complexity index is 1130. The Morgan fingerprint density at radius 3 is 2.47 bits per heavy atom. The Morgan fingerprint density at radius 2 is 1.78 bits per heavy atom. The SMILES string of the molecule is CCOC1=NC(Oc2ccc3[nH]c(C)c(C)c3c2)c2cc(OC)ccc2N1N(CC)CC. The van der Waals surface area contributed by atoms with E-state index in [2.05, 4.69) is 49.8 Å². The molecule has 2 heterocycles. The number of fused-ring (bicyclic) bond motifs is 2. The van der Waals surface area contributed by atoms with Gasteiger partial charge in [-0.1, -0.05) is 13.8 Å². The molecule has 0 saturated carbocycles. The van der Waals surface area contributed by atoms with Crippen molar-refractivity contribution < 1.29 is 14.2 Å². The average molecular weight is 437 g/mol. The Hall–Kier alpha value is -3.19. The van der Waals surface area contributed by atoms with Crippen molar-refractivity contribution in [1.29, 1.82) is 0 Å². The van der Waals surface area contributed by atoms with Crippen LogP contribution in [0.4, 0.5) is 5.69 Å². The number of aliphatic imine (C=N–C) groups is 1. The molecule has 0 amide bonds. The van der Waals surface area contributed by atoms with Crippen LogP contribution >= 0.6 is 0 Å². The highest BCUT2D eigenvalue weighted by atomic mass is 16.5. The molecule has 0 saturated heterocycles. The van der Waals surface area contributed by atoms with Crippen molar-refractivity contribution in [2.24, 2.45) is 4.99 Å². The van der Waals surface area contributed by atoms with Gasteiger partial charge in [0, 0.05) is 35.2 Å². The van der Waals surface area contributed by atoms with Gasteiger partial charge in [-0.15, -0.1) is 0 Å². The molecule has 1 aromatic heterocycles. The summed E-state index contributed by atoms with van der Waals surface area (Å²) in [6.07, 6.45) is -0.550. The van der Waals surface area contributed by atoms with Crippen molar-refractivity contribution in [3.05, 3.63) is 53.2 Å². The predicted octanol–water partition coefficient (Wildman–Crippen LogP) is 5.34. The Balaban J connectivity index is 1.79. The average Bonchev–Trinajstić information content (AvgIpc) is 3.09. The number of aromatic nitrogens is 1. The molecule has 170 valence electrons. The zero-order chi connectivity index (χ0) is 22.8. The van der Waals surface area contributed by atoms with E-state index in [9.17, 15) is 0 Å². The molecule has 0 bridgehead atoms. The summed E-state index contributed by atoms with van der Waals surface area (Å²) in [5.74, 6) is 1.52. The molecule has 1 unspecified atom stereocenters. The zero-order valence-electron chi connectivity index (χ0n) is 19.7. The molecule has 7 heteroatoms. The van der Waals surface area contributed by atoms with Crippen LogP contribution in [0.15, 0.2) is 41.4 Å². The summed E-state index contributed by atoms with van der Waals surface area (Å²) in [6.45, 7) is 12.6. The van der Waals surface area contributed by atoms with E-state index < -0.39 is 6.23 Å². The highest BCUT2D eigenvalue weighted by Crippen LogP contribution is 2.39. The van der Waals surface area contributed by atoms with E-state index in [1.807, 2.05) is 36.2 Å². The third-order valence-electron chi connectivity index (χ3n) is 5.95. The highest BCUT2D eigenvalue weighted by Gasteiger charge is 2.33. The second kappa shape index (κ2) is 9.12. The van der Waals surface area contributed by atoms with Gasteiger partial charge in [0.2, 0.25) is 6.23 Å². The van der Waals surface area contributed by atoms with Gasteiger partial charge in [0.25, 0.3) is 0 Å². The second-order valence-electron chi connectivity index (χ2n) is 7.77. The number of aromatic amines is 1. The summed E-state index contributed by atoms with van der Waals surface area (Å²) in [6, 6.07) is 12.6. The first-order valence-corrected chi connectivity index (χ1v) is 11.2. The predicted molar refractivity (Wildman–Crippen MR) is 129 cm³/mol. The van der Waals surface area contributed by atoms with Gasteiger partial charge < -0.3 is 19.2 Å². The molecule has 1 N–H and O–H groups in total. The van der Waals surface area contributed by atoms with E-state index >= 15 is 0 Å². The number of H-pyrrole nitrogens is 1. The molecule has 1 atom stereocenters. The van der Waals surface area contributed by atoms with E-state index in [1.165, 1.54) is 5.56 Å². The van der Waals surface area contributed by atoms with Gasteiger partial charge in [-0.05, 0) is 62.7 Å². The van der Waals surface area contributed by atoms with Crippen LogP contribution in [0.1, 0.15) is 43.8 Å². The first-order chi connectivity index (χ1) is 15.5. The third kappa shape index (κ3) is 3.88. The molecule has 0 spiro atoms. The number of hydrogen-bond donors (Lipinski definition) is 1. The Morgan fingerprint density at radius 1 is 1.03 bits per heavy atom. The third-order valence-corrected chi connectivity index (χ3v) is 5.95. The monoisotopic (exact) mass is 436 g/mol. The lowest BCUT2D eigenvalue weighted by Gasteiger charge is -2.39. The maximum absolute atomic E-state index is 6.44. The largest absolute Gasteiger partial charge is 0.497 e. The summed E-state index contributed by atoms with van der Waals surface area (Å²) in [5.41, 5.74) is 5.40. The standard InChI is InChI=1S/C25H32N4O3/c1-7-28(8-2)29-23-13-11-18(30-6)14-21(23)24(27-25(29)31-9-3)32-19-10-12-22-20(15-19)16(4)17(5)26-22/h10-15,24,26H,7-9H2,1-6H3. The summed E-state index contributed by atoms with van der Waals surface area (Å²) < 4.78 is 17.9. The maximum atomic E-state index is 6.44. The lowest BCUT2D eigenvalue weighted by atomic mass is 10.1. The maximum Gasteiger partial charge on any atom is 0.311 e. The first kappa shape index (κ1) is 22.0. The van der Waals surface area contributed by atoms with E-state index in [0.717, 1.165) is 52.4 Å². The lowest BCUT2D eigenvalue weighted by molar-refractivity contribution is 0.189. The highest BCUT2D eigenvalue weighted by molar-refractivity contribution is 5.94. The quantitative estimate of drug-likeness (QED) is 0.542. The first-order valence-electron chi connectivity index (χ1n) is 11.2. The van der Waals surface area contributed by atoms with Crippen molar-refractivity contribution in [3.63, 3.8) is 0 Å². The van der Waals surface area contributed by atoms with E-state index in [4.69, 9.17) is 19.2 Å². The van der Waals surface area contributed by atoms with Gasteiger partial charge in [0.05, 0.1) is 19.4 Å². The molecule has 0 aliphatic carbocycles. The van der Waals surface area contributed by atoms with Crippen LogP contribution in [-0.2, 0) is 4.74 Å². The minimum atomic E-state index is -0.550. The minimum absolute atomic E-state index is 0.516. The van der Waals surface area contributed by atoms with Gasteiger partial charge >= 0.3 is 6.02 Å². The second-order valence-corrected chi connectivity index (χ2v) is 7.77. The number of amidine groups is 1. The normalized spacial score (nSPS) is 15.7. The summed E-state index contributed by atoms with van der Waals surface area (Å²) >= 11 is 0. The van der Waals surface area contributed by atoms with Crippen LogP contribution in [0.2, 0.25) is 0 Å². The molecule has 3 aromatic rings. The van der Waals surface area contributed by atoms with Gasteiger partial charge in [-0.2, -0.15) is 4.99 Å². The van der Waals surface area contributed by atoms with Crippen LogP contribution in [-0.4, -0.2) is 42.8 Å². The van der Waals surface area contributed by atoms with Crippen LogP contribution in [0, 0.1) is 13.8 Å². The number of ether oxygens (including phenoxy) is 3. The molecule has 0 fully saturated rings. The van der Waals surface area contributed by atoms with Crippen molar-refractivity contribution in [2.75, 3.05) is 31.8 Å². The zero-order valence-corrected chi connectivity index (χ0v) is 19.7. The molecule has 0 radical (unpaired) electrons. The Labute approximate surface area is 189 Å². The molecular weight excluding hydrogens is 404 g/mol. The number of hydrogen-bond acceptors (Lipinski definition) is 6. The van der Waals surface area contributed by atoms with Crippen molar-refractivity contribution >= 4 is 22.6 Å². The fraction of sp³-hybridized carbons (Fsp3) is 0.400. The number of hydrazine groups is 1. The molecule has 1 aliphatic rings. The van der Waals surface area contributed by atoms with Crippen molar-refractivity contribution in [3.8, 4) is 11.5 Å². The number of anilines is 1.